The van der Waals surface area contributed by atoms with E-state index in [4.69, 9.17) is 5.10 Å². The molecule has 1 aliphatic rings. The zero-order valence-corrected chi connectivity index (χ0v) is 16.8. The lowest BCUT2D eigenvalue weighted by molar-refractivity contribution is -0.111. The number of hydrogen-bond donors (Lipinski definition) is 0. The molecule has 0 spiro atoms. The summed E-state index contributed by atoms with van der Waals surface area (Å²) in [6.45, 7) is 4.35. The Labute approximate surface area is 172 Å². The van der Waals surface area contributed by atoms with Gasteiger partial charge in [-0.25, -0.2) is 5.01 Å². The molecule has 0 aromatic heterocycles. The number of ketones is 1. The molecule has 0 saturated heterocycles. The summed E-state index contributed by atoms with van der Waals surface area (Å²) in [4.78, 5) is 14.6. The van der Waals surface area contributed by atoms with E-state index in [2.05, 4.69) is 48.2 Å². The molecule has 1 atom stereocenters. The highest BCUT2D eigenvalue weighted by Gasteiger charge is 2.37. The summed E-state index contributed by atoms with van der Waals surface area (Å²) < 4.78 is 0. The third-order valence-corrected chi connectivity index (χ3v) is 5.22. The van der Waals surface area contributed by atoms with Gasteiger partial charge in [0.15, 0.2) is 17.8 Å². The number of carbonyl (C=O) groups excluding carboxylic acids is 1. The van der Waals surface area contributed by atoms with E-state index in [0.717, 1.165) is 23.2 Å². The van der Waals surface area contributed by atoms with Gasteiger partial charge in [-0.1, -0.05) is 79.7 Å². The van der Waals surface area contributed by atoms with Crippen molar-refractivity contribution >= 4 is 17.3 Å². The largest absolute Gasteiger partial charge is 0.322 e. The van der Waals surface area contributed by atoms with Gasteiger partial charge in [0, 0.05) is 13.5 Å². The van der Waals surface area contributed by atoms with Crippen molar-refractivity contribution in [2.24, 2.45) is 5.10 Å². The van der Waals surface area contributed by atoms with Gasteiger partial charge in [0.1, 0.15) is 0 Å². The number of aryl methyl sites for hydroxylation is 1. The fourth-order valence-electron chi connectivity index (χ4n) is 3.70. The van der Waals surface area contributed by atoms with Crippen LogP contribution in [0.4, 0.5) is 5.69 Å². The molecule has 0 saturated carbocycles. The van der Waals surface area contributed by atoms with E-state index < -0.39 is 0 Å². The van der Waals surface area contributed by atoms with E-state index in [-0.39, 0.29) is 11.9 Å². The fourth-order valence-corrected chi connectivity index (χ4v) is 3.70. The van der Waals surface area contributed by atoms with Gasteiger partial charge in [0.05, 0.1) is 5.69 Å². The van der Waals surface area contributed by atoms with Crippen molar-refractivity contribution in [3.05, 3.63) is 102 Å². The molecule has 0 fully saturated rings. The van der Waals surface area contributed by atoms with Crippen LogP contribution in [0, 0.1) is 0 Å². The summed E-state index contributed by atoms with van der Waals surface area (Å²) in [5.74, 6) is 0.455. The smallest absolute Gasteiger partial charge is 0.196 e. The summed E-state index contributed by atoms with van der Waals surface area (Å²) in [5, 5.41) is 6.72. The van der Waals surface area contributed by atoms with Crippen molar-refractivity contribution in [1.29, 1.82) is 0 Å². The van der Waals surface area contributed by atoms with Crippen LogP contribution < -0.4 is 5.01 Å². The van der Waals surface area contributed by atoms with Crippen molar-refractivity contribution in [2.45, 2.75) is 33.0 Å². The Balaban J connectivity index is 1.79. The zero-order chi connectivity index (χ0) is 20.2. The minimum atomic E-state index is -0.178. The molecule has 4 rings (SSSR count). The normalized spacial score (nSPS) is 16.1. The molecule has 1 aliphatic heterocycles. The first-order chi connectivity index (χ1) is 14.2. The van der Waals surface area contributed by atoms with E-state index in [1.165, 1.54) is 5.56 Å². The first-order valence-corrected chi connectivity index (χ1v) is 10.0. The van der Waals surface area contributed by atoms with Crippen molar-refractivity contribution in [1.82, 2.24) is 4.90 Å². The number of benzene rings is 3. The first kappa shape index (κ1) is 18.9. The van der Waals surface area contributed by atoms with E-state index >= 15 is 0 Å². The predicted molar refractivity (Wildman–Crippen MR) is 118 cm³/mol. The van der Waals surface area contributed by atoms with Gasteiger partial charge < -0.3 is 4.90 Å². The Bertz CT molecular complexity index is 997. The van der Waals surface area contributed by atoms with Crippen LogP contribution in [-0.2, 0) is 17.8 Å². The van der Waals surface area contributed by atoms with Gasteiger partial charge in [-0.15, -0.1) is 5.10 Å². The number of para-hydroxylation sites is 1. The van der Waals surface area contributed by atoms with E-state index in [9.17, 15) is 4.79 Å². The van der Waals surface area contributed by atoms with Crippen LogP contribution >= 0.6 is 0 Å². The summed E-state index contributed by atoms with van der Waals surface area (Å²) in [7, 11) is 0. The average molecular weight is 383 g/mol. The van der Waals surface area contributed by atoms with Crippen LogP contribution in [0.5, 0.6) is 0 Å². The number of hydrogen-bond acceptors (Lipinski definition) is 4. The van der Waals surface area contributed by atoms with Gasteiger partial charge in [0.2, 0.25) is 0 Å². The average Bonchev–Trinajstić information content (AvgIpc) is 3.14. The van der Waals surface area contributed by atoms with Crippen molar-refractivity contribution in [3.8, 4) is 0 Å². The monoisotopic (exact) mass is 383 g/mol. The van der Waals surface area contributed by atoms with E-state index in [1.807, 2.05) is 53.5 Å². The van der Waals surface area contributed by atoms with E-state index in [0.29, 0.717) is 12.4 Å². The lowest BCUT2D eigenvalue weighted by Crippen LogP contribution is -2.37. The van der Waals surface area contributed by atoms with Crippen LogP contribution in [0.15, 0.2) is 90.0 Å². The third kappa shape index (κ3) is 3.92. The maximum atomic E-state index is 12.5. The number of Topliss-reactive ketones (excluding diaryl/α,β-unsaturated/α-hetero) is 1. The molecule has 4 heteroatoms. The standard InChI is InChI=1S/C25H25N3O/c1-3-20-14-16-22(17-15-20)25-27(18-21-10-6-4-7-11-21)24(19(2)29)26-28(25)23-12-8-5-9-13-23/h4-17,25H,3,18H2,1-2H3/t25-/m0/s1. The molecule has 3 aromatic rings. The molecule has 0 unspecified atom stereocenters. The number of anilines is 1. The number of hydrazone groups is 1. The Morgan fingerprint density at radius 3 is 2.07 bits per heavy atom. The van der Waals surface area contributed by atoms with Crippen LogP contribution in [0.2, 0.25) is 0 Å². The highest BCUT2D eigenvalue weighted by Crippen LogP contribution is 2.36. The Morgan fingerprint density at radius 1 is 0.862 bits per heavy atom. The molecular weight excluding hydrogens is 358 g/mol. The molecule has 0 aliphatic carbocycles. The van der Waals surface area contributed by atoms with Gasteiger partial charge in [-0.05, 0) is 35.2 Å². The van der Waals surface area contributed by atoms with Gasteiger partial charge >= 0.3 is 0 Å². The molecule has 3 aromatic carbocycles. The van der Waals surface area contributed by atoms with Crippen LogP contribution in [0.25, 0.3) is 0 Å². The lowest BCUT2D eigenvalue weighted by atomic mass is 10.1. The van der Waals surface area contributed by atoms with Crippen molar-refractivity contribution in [2.75, 3.05) is 5.01 Å². The first-order valence-electron chi connectivity index (χ1n) is 10.0. The molecule has 0 bridgehead atoms. The second-order valence-corrected chi connectivity index (χ2v) is 7.24. The zero-order valence-electron chi connectivity index (χ0n) is 16.8. The minimum absolute atomic E-state index is 0.0328. The minimum Gasteiger partial charge on any atom is -0.322 e. The summed E-state index contributed by atoms with van der Waals surface area (Å²) >= 11 is 0. The topological polar surface area (TPSA) is 35.9 Å². The molecule has 4 nitrogen and oxygen atoms in total. The molecule has 146 valence electrons. The van der Waals surface area contributed by atoms with Gasteiger partial charge in [-0.2, -0.15) is 0 Å². The highest BCUT2D eigenvalue weighted by atomic mass is 16.1. The fraction of sp³-hybridized carbons (Fsp3) is 0.200. The summed E-state index contributed by atoms with van der Waals surface area (Å²) in [6, 6.07) is 28.9. The lowest BCUT2D eigenvalue weighted by Gasteiger charge is -2.32. The number of rotatable bonds is 6. The molecular formula is C25H25N3O. The maximum Gasteiger partial charge on any atom is 0.196 e. The second-order valence-electron chi connectivity index (χ2n) is 7.24. The Kier molecular flexibility index (Phi) is 5.43. The molecule has 1 heterocycles. The van der Waals surface area contributed by atoms with E-state index in [1.54, 1.807) is 6.92 Å². The summed E-state index contributed by atoms with van der Waals surface area (Å²) in [6.07, 6.45) is 0.818. The Morgan fingerprint density at radius 2 is 1.48 bits per heavy atom. The van der Waals surface area contributed by atoms with Crippen LogP contribution in [0.3, 0.4) is 0 Å². The van der Waals surface area contributed by atoms with Crippen molar-refractivity contribution < 1.29 is 4.79 Å². The Hall–Kier alpha value is -3.40. The molecule has 0 radical (unpaired) electrons. The summed E-state index contributed by atoms with van der Waals surface area (Å²) in [5.41, 5.74) is 4.51. The number of nitrogens with zero attached hydrogens (tertiary/aromatic N) is 3. The highest BCUT2D eigenvalue weighted by molar-refractivity contribution is 6.38. The second kappa shape index (κ2) is 8.31. The molecule has 29 heavy (non-hydrogen) atoms. The maximum absolute atomic E-state index is 12.5. The van der Waals surface area contributed by atoms with Crippen LogP contribution in [-0.4, -0.2) is 16.5 Å². The molecule has 0 amide bonds. The van der Waals surface area contributed by atoms with Crippen LogP contribution in [0.1, 0.15) is 36.7 Å². The third-order valence-electron chi connectivity index (χ3n) is 5.22. The van der Waals surface area contributed by atoms with Crippen molar-refractivity contribution in [3.63, 3.8) is 0 Å². The van der Waals surface area contributed by atoms with Gasteiger partial charge in [0.25, 0.3) is 0 Å². The quantitative estimate of drug-likeness (QED) is 0.589. The number of carbonyl (C=O) groups is 1. The predicted octanol–water partition coefficient (Wildman–Crippen LogP) is 5.17. The SMILES string of the molecule is CCc1ccc([C@H]2N(Cc3ccccc3)C(C(C)=O)=NN2c2ccccc2)cc1. The number of amidine groups is 1. The van der Waals surface area contributed by atoms with Gasteiger partial charge in [-0.3, -0.25) is 4.79 Å². The molecule has 0 N–H and O–H groups in total.